The molecule has 0 spiro atoms. The number of halogens is 2. The van der Waals surface area contributed by atoms with Crippen LogP contribution in [-0.4, -0.2) is 11.9 Å². The van der Waals surface area contributed by atoms with Gasteiger partial charge in [-0.1, -0.05) is 65.7 Å². The van der Waals surface area contributed by atoms with Gasteiger partial charge in [0.1, 0.15) is 11.6 Å². The first-order valence-electron chi connectivity index (χ1n) is 8.81. The van der Waals surface area contributed by atoms with E-state index in [1.807, 2.05) is 42.5 Å². The summed E-state index contributed by atoms with van der Waals surface area (Å²) >= 11 is 11.9. The Morgan fingerprint density at radius 2 is 1.57 bits per heavy atom. The van der Waals surface area contributed by atoms with E-state index in [0.717, 1.165) is 16.3 Å². The number of hydrogen-bond donors (Lipinski definition) is 0. The maximum atomic E-state index is 11.9. The second-order valence-electron chi connectivity index (χ2n) is 6.22. The second kappa shape index (κ2) is 9.58. The fourth-order valence-electron chi connectivity index (χ4n) is 2.68. The predicted molar refractivity (Wildman–Crippen MR) is 110 cm³/mol. The molecule has 28 heavy (non-hydrogen) atoms. The van der Waals surface area contributed by atoms with Crippen molar-refractivity contribution in [2.24, 2.45) is 0 Å². The molecule has 0 atom stereocenters. The number of carbonyl (C=O) groups is 2. The molecule has 0 aliphatic carbocycles. The van der Waals surface area contributed by atoms with Crippen LogP contribution in [0.25, 0.3) is 10.8 Å². The Labute approximate surface area is 173 Å². The van der Waals surface area contributed by atoms with Crippen molar-refractivity contribution in [1.29, 1.82) is 0 Å². The van der Waals surface area contributed by atoms with Crippen molar-refractivity contribution < 1.29 is 19.1 Å². The maximum absolute atomic E-state index is 11.9. The van der Waals surface area contributed by atoms with E-state index in [-0.39, 0.29) is 36.2 Å². The summed E-state index contributed by atoms with van der Waals surface area (Å²) in [5, 5.41) is 2.73. The van der Waals surface area contributed by atoms with Crippen LogP contribution < -0.4 is 4.74 Å². The molecular weight excluding hydrogens is 399 g/mol. The van der Waals surface area contributed by atoms with Crippen LogP contribution in [0.15, 0.2) is 60.7 Å². The van der Waals surface area contributed by atoms with Gasteiger partial charge in [0.05, 0.1) is 5.02 Å². The normalized spacial score (nSPS) is 10.6. The Hall–Kier alpha value is -2.56. The lowest BCUT2D eigenvalue weighted by Gasteiger charge is -2.08. The summed E-state index contributed by atoms with van der Waals surface area (Å²) < 4.78 is 10.5. The van der Waals surface area contributed by atoms with Crippen molar-refractivity contribution in [3.8, 4) is 5.75 Å². The van der Waals surface area contributed by atoms with Crippen LogP contribution in [0, 0.1) is 0 Å². The van der Waals surface area contributed by atoms with E-state index in [1.54, 1.807) is 18.2 Å². The molecule has 0 amide bonds. The van der Waals surface area contributed by atoms with Crippen LogP contribution in [0.2, 0.25) is 10.0 Å². The lowest BCUT2D eigenvalue weighted by Crippen LogP contribution is -2.10. The smallest absolute Gasteiger partial charge is 0.311 e. The van der Waals surface area contributed by atoms with Gasteiger partial charge in [-0.3, -0.25) is 9.59 Å². The fraction of sp³-hybridized carbons (Fsp3) is 0.182. The Morgan fingerprint density at radius 1 is 0.821 bits per heavy atom. The van der Waals surface area contributed by atoms with Crippen LogP contribution in [0.3, 0.4) is 0 Å². The Bertz CT molecular complexity index is 1000. The van der Waals surface area contributed by atoms with E-state index in [4.69, 9.17) is 32.7 Å². The molecule has 0 unspecified atom stereocenters. The number of esters is 2. The lowest BCUT2D eigenvalue weighted by atomic mass is 10.1. The third-order valence-electron chi connectivity index (χ3n) is 4.12. The van der Waals surface area contributed by atoms with Crippen LogP contribution in [0.1, 0.15) is 24.8 Å². The molecule has 0 radical (unpaired) electrons. The third kappa shape index (κ3) is 5.47. The fourth-order valence-corrected chi connectivity index (χ4v) is 3.01. The lowest BCUT2D eigenvalue weighted by molar-refractivity contribution is -0.145. The zero-order valence-corrected chi connectivity index (χ0v) is 16.5. The quantitative estimate of drug-likeness (QED) is 0.351. The highest BCUT2D eigenvalue weighted by Crippen LogP contribution is 2.31. The van der Waals surface area contributed by atoms with Gasteiger partial charge in [0, 0.05) is 12.8 Å². The van der Waals surface area contributed by atoms with Crippen molar-refractivity contribution in [3.63, 3.8) is 0 Å². The molecule has 0 aliphatic heterocycles. The van der Waals surface area contributed by atoms with E-state index >= 15 is 0 Å². The number of fused-ring (bicyclic) bond motifs is 1. The topological polar surface area (TPSA) is 52.6 Å². The molecule has 0 N–H and O–H groups in total. The number of benzene rings is 3. The average Bonchev–Trinajstić information content (AvgIpc) is 2.70. The molecule has 144 valence electrons. The Kier molecular flexibility index (Phi) is 6.90. The van der Waals surface area contributed by atoms with Gasteiger partial charge in [0.2, 0.25) is 0 Å². The zero-order valence-electron chi connectivity index (χ0n) is 15.0. The van der Waals surface area contributed by atoms with Crippen molar-refractivity contribution in [1.82, 2.24) is 0 Å². The molecule has 0 bridgehead atoms. The minimum Gasteiger partial charge on any atom is -0.461 e. The Morgan fingerprint density at radius 3 is 2.39 bits per heavy atom. The zero-order chi connectivity index (χ0) is 19.9. The number of ether oxygens (including phenoxy) is 2. The summed E-state index contributed by atoms with van der Waals surface area (Å²) in [6, 6.07) is 18.7. The van der Waals surface area contributed by atoms with Gasteiger partial charge in [-0.05, 0) is 41.0 Å². The molecule has 4 nitrogen and oxygen atoms in total. The average molecular weight is 417 g/mol. The first kappa shape index (κ1) is 20.2. The molecule has 0 aliphatic rings. The van der Waals surface area contributed by atoms with Crippen LogP contribution in [0.5, 0.6) is 5.75 Å². The first-order valence-corrected chi connectivity index (χ1v) is 9.56. The molecule has 0 saturated heterocycles. The molecule has 3 aromatic carbocycles. The van der Waals surface area contributed by atoms with Crippen molar-refractivity contribution >= 4 is 45.9 Å². The number of hydrogen-bond acceptors (Lipinski definition) is 4. The first-order chi connectivity index (χ1) is 13.5. The highest BCUT2D eigenvalue weighted by atomic mass is 35.5. The molecule has 0 aromatic heterocycles. The monoisotopic (exact) mass is 416 g/mol. The van der Waals surface area contributed by atoms with Gasteiger partial charge in [0.25, 0.3) is 0 Å². The summed E-state index contributed by atoms with van der Waals surface area (Å²) in [6.45, 7) is 0.201. The van der Waals surface area contributed by atoms with E-state index < -0.39 is 5.97 Å². The van der Waals surface area contributed by atoms with E-state index in [0.29, 0.717) is 11.4 Å². The van der Waals surface area contributed by atoms with Gasteiger partial charge in [-0.2, -0.15) is 0 Å². The van der Waals surface area contributed by atoms with Gasteiger partial charge in [-0.25, -0.2) is 0 Å². The van der Waals surface area contributed by atoms with Crippen molar-refractivity contribution in [3.05, 3.63) is 76.3 Å². The number of rotatable bonds is 7. The molecule has 6 heteroatoms. The minimum absolute atomic E-state index is 0.0773. The molecule has 3 rings (SSSR count). The predicted octanol–water partition coefficient (Wildman–Crippen LogP) is 5.97. The second-order valence-corrected chi connectivity index (χ2v) is 7.01. The molecule has 0 fully saturated rings. The summed E-state index contributed by atoms with van der Waals surface area (Å²) in [6.07, 6.45) is 0.535. The standard InChI is InChI=1S/C22H18Cl2O4/c23-18-7-3-8-19(22(18)24)28-21(26)10-4-9-20(25)27-14-15-11-12-16-5-1-2-6-17(16)13-15/h1-3,5-8,11-13H,4,9-10,14H2. The highest BCUT2D eigenvalue weighted by molar-refractivity contribution is 6.43. The number of carbonyl (C=O) groups excluding carboxylic acids is 2. The van der Waals surface area contributed by atoms with Gasteiger partial charge >= 0.3 is 11.9 Å². The van der Waals surface area contributed by atoms with Crippen LogP contribution in [-0.2, 0) is 20.9 Å². The molecule has 0 saturated carbocycles. The van der Waals surface area contributed by atoms with Crippen LogP contribution in [0.4, 0.5) is 0 Å². The minimum atomic E-state index is -0.480. The van der Waals surface area contributed by atoms with Crippen LogP contribution >= 0.6 is 23.2 Å². The van der Waals surface area contributed by atoms with Gasteiger partial charge in [-0.15, -0.1) is 0 Å². The van der Waals surface area contributed by atoms with E-state index in [2.05, 4.69) is 0 Å². The van der Waals surface area contributed by atoms with Gasteiger partial charge < -0.3 is 9.47 Å². The third-order valence-corrected chi connectivity index (χ3v) is 4.92. The summed E-state index contributed by atoms with van der Waals surface area (Å²) in [5.41, 5.74) is 0.919. The van der Waals surface area contributed by atoms with E-state index in [9.17, 15) is 9.59 Å². The SMILES string of the molecule is O=C(CCCC(=O)Oc1cccc(Cl)c1Cl)OCc1ccc2ccccc2c1. The Balaban J connectivity index is 1.41. The van der Waals surface area contributed by atoms with E-state index in [1.165, 1.54) is 0 Å². The highest BCUT2D eigenvalue weighted by Gasteiger charge is 2.12. The van der Waals surface area contributed by atoms with Gasteiger partial charge in [0.15, 0.2) is 5.75 Å². The summed E-state index contributed by atoms with van der Waals surface area (Å²) in [4.78, 5) is 23.8. The summed E-state index contributed by atoms with van der Waals surface area (Å²) in [5.74, 6) is -0.633. The molecule has 3 aromatic rings. The summed E-state index contributed by atoms with van der Waals surface area (Å²) in [7, 11) is 0. The maximum Gasteiger partial charge on any atom is 0.311 e. The van der Waals surface area contributed by atoms with Crippen molar-refractivity contribution in [2.75, 3.05) is 0 Å². The van der Waals surface area contributed by atoms with Crippen molar-refractivity contribution in [2.45, 2.75) is 25.9 Å². The largest absolute Gasteiger partial charge is 0.461 e. The molecule has 0 heterocycles. The molecular formula is C22H18Cl2O4.